The third-order valence-electron chi connectivity index (χ3n) is 4.55. The predicted octanol–water partition coefficient (Wildman–Crippen LogP) is 4.95. The molecule has 0 saturated heterocycles. The Morgan fingerprint density at radius 3 is 2.48 bits per heavy atom. The summed E-state index contributed by atoms with van der Waals surface area (Å²) in [4.78, 5) is 11.6. The average molecular weight is 356 g/mol. The maximum absolute atomic E-state index is 4.75. The molecule has 1 aliphatic rings. The molecule has 0 aliphatic heterocycles. The number of nitrogens with one attached hydrogen (secondary N) is 1. The second-order valence-electron chi connectivity index (χ2n) is 7.07. The standard InChI is InChI=1S/C23H24N4/c1-17-14-22(25-21-11-7-6-10-20(21)19-12-13-19)26-23(24-17)16-27(2)15-18-8-4-3-5-9-18/h3-12,14H,13,15-16H2,1-2H3,(H,24,25,26). The zero-order chi connectivity index (χ0) is 18.6. The van der Waals surface area contributed by atoms with E-state index in [4.69, 9.17) is 4.98 Å². The van der Waals surface area contributed by atoms with Gasteiger partial charge >= 0.3 is 0 Å². The number of hydrogen-bond acceptors (Lipinski definition) is 4. The fourth-order valence-electron chi connectivity index (χ4n) is 3.24. The first kappa shape index (κ1) is 17.4. The van der Waals surface area contributed by atoms with Crippen LogP contribution in [0.1, 0.15) is 29.1 Å². The summed E-state index contributed by atoms with van der Waals surface area (Å²) in [5.41, 5.74) is 6.02. The molecule has 4 heteroatoms. The molecule has 27 heavy (non-hydrogen) atoms. The molecule has 1 aromatic heterocycles. The van der Waals surface area contributed by atoms with Gasteiger partial charge in [-0.3, -0.25) is 4.90 Å². The monoisotopic (exact) mass is 356 g/mol. The Bertz CT molecular complexity index is 963. The summed E-state index contributed by atoms with van der Waals surface area (Å²) < 4.78 is 0. The highest BCUT2D eigenvalue weighted by Gasteiger charge is 2.15. The van der Waals surface area contributed by atoms with Crippen LogP contribution in [0.25, 0.3) is 5.57 Å². The minimum absolute atomic E-state index is 0.706. The van der Waals surface area contributed by atoms with Crippen molar-refractivity contribution in [3.8, 4) is 0 Å². The SMILES string of the molecule is Cc1cc(Nc2ccccc2C2=CC2)nc(CN(C)Cc2ccccc2)n1. The number of aryl methyl sites for hydroxylation is 1. The van der Waals surface area contributed by atoms with Crippen LogP contribution >= 0.6 is 0 Å². The molecule has 0 unspecified atom stereocenters. The van der Waals surface area contributed by atoms with Gasteiger partial charge in [0, 0.05) is 29.6 Å². The van der Waals surface area contributed by atoms with Gasteiger partial charge in [-0.2, -0.15) is 0 Å². The lowest BCUT2D eigenvalue weighted by atomic mass is 10.1. The molecule has 2 aromatic carbocycles. The highest BCUT2D eigenvalue weighted by molar-refractivity contribution is 5.85. The van der Waals surface area contributed by atoms with Gasteiger partial charge < -0.3 is 5.32 Å². The second kappa shape index (κ2) is 7.72. The highest BCUT2D eigenvalue weighted by atomic mass is 15.1. The van der Waals surface area contributed by atoms with Crippen molar-refractivity contribution in [2.45, 2.75) is 26.4 Å². The maximum atomic E-state index is 4.75. The molecule has 0 spiro atoms. The van der Waals surface area contributed by atoms with E-state index in [9.17, 15) is 0 Å². The lowest BCUT2D eigenvalue weighted by Crippen LogP contribution is -2.19. The van der Waals surface area contributed by atoms with Gasteiger partial charge in [0.2, 0.25) is 0 Å². The number of benzene rings is 2. The quantitative estimate of drug-likeness (QED) is 0.650. The van der Waals surface area contributed by atoms with Crippen LogP contribution in [0.3, 0.4) is 0 Å². The van der Waals surface area contributed by atoms with E-state index in [0.717, 1.165) is 36.0 Å². The molecule has 136 valence electrons. The topological polar surface area (TPSA) is 41.1 Å². The van der Waals surface area contributed by atoms with E-state index >= 15 is 0 Å². The molecule has 4 rings (SSSR count). The number of anilines is 2. The van der Waals surface area contributed by atoms with Gasteiger partial charge in [-0.05, 0) is 37.6 Å². The van der Waals surface area contributed by atoms with Crippen LogP contribution in [-0.2, 0) is 13.1 Å². The van der Waals surface area contributed by atoms with Crippen molar-refractivity contribution in [2.75, 3.05) is 12.4 Å². The zero-order valence-electron chi connectivity index (χ0n) is 15.8. The molecule has 0 fully saturated rings. The Kier molecular flexibility index (Phi) is 4.99. The summed E-state index contributed by atoms with van der Waals surface area (Å²) in [7, 11) is 2.10. The molecule has 3 aromatic rings. The van der Waals surface area contributed by atoms with Gasteiger partial charge in [-0.25, -0.2) is 9.97 Å². The molecular weight excluding hydrogens is 332 g/mol. The largest absolute Gasteiger partial charge is 0.340 e. The van der Waals surface area contributed by atoms with Gasteiger partial charge in [-0.1, -0.05) is 54.6 Å². The average Bonchev–Trinajstić information content (AvgIpc) is 3.47. The van der Waals surface area contributed by atoms with Crippen LogP contribution in [0.5, 0.6) is 0 Å². The third kappa shape index (κ3) is 4.60. The van der Waals surface area contributed by atoms with E-state index in [1.807, 2.05) is 19.1 Å². The maximum Gasteiger partial charge on any atom is 0.144 e. The lowest BCUT2D eigenvalue weighted by molar-refractivity contribution is 0.310. The number of allylic oxidation sites excluding steroid dienone is 2. The predicted molar refractivity (Wildman–Crippen MR) is 111 cm³/mol. The van der Waals surface area contributed by atoms with Crippen molar-refractivity contribution < 1.29 is 0 Å². The Morgan fingerprint density at radius 1 is 0.963 bits per heavy atom. The molecule has 0 saturated carbocycles. The van der Waals surface area contributed by atoms with Crippen molar-refractivity contribution in [1.82, 2.24) is 14.9 Å². The Labute approximate surface area is 160 Å². The summed E-state index contributed by atoms with van der Waals surface area (Å²) in [6, 6.07) is 20.9. The van der Waals surface area contributed by atoms with Crippen molar-refractivity contribution in [2.24, 2.45) is 0 Å². The fourth-order valence-corrected chi connectivity index (χ4v) is 3.24. The van der Waals surface area contributed by atoms with Crippen molar-refractivity contribution in [1.29, 1.82) is 0 Å². The van der Waals surface area contributed by atoms with E-state index in [1.165, 1.54) is 16.7 Å². The van der Waals surface area contributed by atoms with E-state index in [-0.39, 0.29) is 0 Å². The minimum Gasteiger partial charge on any atom is -0.340 e. The molecular formula is C23H24N4. The summed E-state index contributed by atoms with van der Waals surface area (Å²) in [6.45, 7) is 3.60. The summed E-state index contributed by atoms with van der Waals surface area (Å²) in [5, 5.41) is 3.49. The van der Waals surface area contributed by atoms with Crippen molar-refractivity contribution in [3.63, 3.8) is 0 Å². The Hall–Kier alpha value is -2.98. The van der Waals surface area contributed by atoms with Gasteiger partial charge in [0.15, 0.2) is 0 Å². The van der Waals surface area contributed by atoms with Gasteiger partial charge in [0.1, 0.15) is 11.6 Å². The van der Waals surface area contributed by atoms with Crippen molar-refractivity contribution in [3.05, 3.63) is 89.4 Å². The Morgan fingerprint density at radius 2 is 1.70 bits per heavy atom. The van der Waals surface area contributed by atoms with Crippen LogP contribution in [0, 0.1) is 6.92 Å². The molecule has 4 nitrogen and oxygen atoms in total. The normalized spacial score (nSPS) is 12.8. The molecule has 0 radical (unpaired) electrons. The smallest absolute Gasteiger partial charge is 0.144 e. The summed E-state index contributed by atoms with van der Waals surface area (Å²) in [6.07, 6.45) is 3.33. The molecule has 1 heterocycles. The first-order valence-corrected chi connectivity index (χ1v) is 9.30. The van der Waals surface area contributed by atoms with E-state index in [0.29, 0.717) is 6.54 Å². The first-order chi connectivity index (χ1) is 13.2. The van der Waals surface area contributed by atoms with Gasteiger partial charge in [-0.15, -0.1) is 0 Å². The van der Waals surface area contributed by atoms with Crippen LogP contribution in [0.15, 0.2) is 66.7 Å². The van der Waals surface area contributed by atoms with E-state index in [1.54, 1.807) is 0 Å². The lowest BCUT2D eigenvalue weighted by Gasteiger charge is -2.17. The van der Waals surface area contributed by atoms with E-state index < -0.39 is 0 Å². The van der Waals surface area contributed by atoms with E-state index in [2.05, 4.69) is 76.9 Å². The molecule has 1 aliphatic carbocycles. The number of hydrogen-bond donors (Lipinski definition) is 1. The highest BCUT2D eigenvalue weighted by Crippen LogP contribution is 2.36. The molecule has 1 N–H and O–H groups in total. The molecule has 0 amide bonds. The zero-order valence-corrected chi connectivity index (χ0v) is 15.8. The van der Waals surface area contributed by atoms with Crippen LogP contribution in [0.2, 0.25) is 0 Å². The number of rotatable bonds is 7. The van der Waals surface area contributed by atoms with Gasteiger partial charge in [0.05, 0.1) is 6.54 Å². The van der Waals surface area contributed by atoms with Gasteiger partial charge in [0.25, 0.3) is 0 Å². The molecule has 0 bridgehead atoms. The van der Waals surface area contributed by atoms with Crippen LogP contribution < -0.4 is 5.32 Å². The summed E-state index contributed by atoms with van der Waals surface area (Å²) >= 11 is 0. The van der Waals surface area contributed by atoms with Crippen LogP contribution in [0.4, 0.5) is 11.5 Å². The number of para-hydroxylation sites is 1. The molecule has 0 atom stereocenters. The Balaban J connectivity index is 1.49. The number of aromatic nitrogens is 2. The second-order valence-corrected chi connectivity index (χ2v) is 7.07. The fraction of sp³-hybridized carbons (Fsp3) is 0.217. The first-order valence-electron chi connectivity index (χ1n) is 9.30. The van der Waals surface area contributed by atoms with Crippen LogP contribution in [-0.4, -0.2) is 21.9 Å². The third-order valence-corrected chi connectivity index (χ3v) is 4.55. The minimum atomic E-state index is 0.706. The number of nitrogens with zero attached hydrogens (tertiary/aromatic N) is 3. The summed E-state index contributed by atoms with van der Waals surface area (Å²) in [5.74, 6) is 1.68. The van der Waals surface area contributed by atoms with Crippen molar-refractivity contribution >= 4 is 17.1 Å².